The minimum atomic E-state index is -0.334. The van der Waals surface area contributed by atoms with Gasteiger partial charge in [-0.3, -0.25) is 4.79 Å². The zero-order valence-corrected chi connectivity index (χ0v) is 13.3. The van der Waals surface area contributed by atoms with Gasteiger partial charge >= 0.3 is 0 Å². The number of amides is 1. The van der Waals surface area contributed by atoms with Crippen LogP contribution in [0.25, 0.3) is 10.8 Å². The number of rotatable bonds is 3. The van der Waals surface area contributed by atoms with E-state index in [1.54, 1.807) is 17.0 Å². The molecular formula is C19H18N4O. The number of fused-ring (bicyclic) bond motifs is 1. The van der Waals surface area contributed by atoms with Crippen LogP contribution < -0.4 is 5.32 Å². The minimum Gasteiger partial charge on any atom is -0.332 e. The van der Waals surface area contributed by atoms with Crippen molar-refractivity contribution in [1.82, 2.24) is 20.0 Å². The number of aromatic nitrogens is 2. The van der Waals surface area contributed by atoms with E-state index >= 15 is 0 Å². The second kappa shape index (κ2) is 5.85. The number of nitrogens with one attached hydrogen (secondary N) is 1. The summed E-state index contributed by atoms with van der Waals surface area (Å²) in [5, 5.41) is 9.67. The number of nitrogens with zero attached hydrogens (tertiary/aromatic N) is 3. The third kappa shape index (κ3) is 2.54. The fourth-order valence-electron chi connectivity index (χ4n) is 3.09. The van der Waals surface area contributed by atoms with E-state index in [1.165, 1.54) is 16.3 Å². The molecule has 1 aliphatic rings. The fraction of sp³-hybridized carbons (Fsp3) is 0.158. The first-order chi connectivity index (χ1) is 11.7. The maximum atomic E-state index is 11.8. The van der Waals surface area contributed by atoms with Crippen LogP contribution in [0.3, 0.4) is 0 Å². The highest BCUT2D eigenvalue weighted by Gasteiger charge is 2.27. The number of benzene rings is 2. The van der Waals surface area contributed by atoms with Gasteiger partial charge in [-0.15, -0.1) is 0 Å². The van der Waals surface area contributed by atoms with Crippen LogP contribution in [0.15, 0.2) is 73.2 Å². The van der Waals surface area contributed by atoms with E-state index < -0.39 is 0 Å². The summed E-state index contributed by atoms with van der Waals surface area (Å²) >= 11 is 0. The van der Waals surface area contributed by atoms with Gasteiger partial charge in [-0.1, -0.05) is 36.4 Å². The molecule has 4 rings (SSSR count). The van der Waals surface area contributed by atoms with Gasteiger partial charge in [0.05, 0.1) is 6.04 Å². The topological polar surface area (TPSA) is 50.2 Å². The molecule has 1 aromatic heterocycles. The first-order valence-corrected chi connectivity index (χ1v) is 7.96. The van der Waals surface area contributed by atoms with Crippen molar-refractivity contribution >= 4 is 16.7 Å². The summed E-state index contributed by atoms with van der Waals surface area (Å²) in [7, 11) is 0. The highest BCUT2D eigenvalue weighted by molar-refractivity contribution is 5.88. The molecule has 0 radical (unpaired) electrons. The number of hydrogen-bond acceptors (Lipinski definition) is 3. The zero-order valence-electron chi connectivity index (χ0n) is 13.3. The van der Waals surface area contributed by atoms with Gasteiger partial charge in [0.1, 0.15) is 0 Å². The van der Waals surface area contributed by atoms with Crippen molar-refractivity contribution < 1.29 is 4.79 Å². The van der Waals surface area contributed by atoms with Crippen LogP contribution in [0.2, 0.25) is 0 Å². The van der Waals surface area contributed by atoms with Crippen LogP contribution in [-0.4, -0.2) is 20.6 Å². The summed E-state index contributed by atoms with van der Waals surface area (Å²) in [6, 6.07) is 16.7. The molecule has 0 saturated heterocycles. The highest BCUT2D eigenvalue weighted by atomic mass is 16.2. The van der Waals surface area contributed by atoms with Gasteiger partial charge in [-0.05, 0) is 35.4 Å². The van der Waals surface area contributed by atoms with E-state index in [1.807, 2.05) is 30.6 Å². The second-order valence-electron chi connectivity index (χ2n) is 5.91. The van der Waals surface area contributed by atoms with E-state index in [9.17, 15) is 4.79 Å². The lowest BCUT2D eigenvalue weighted by Crippen LogP contribution is -2.46. The minimum absolute atomic E-state index is 0.0839. The highest BCUT2D eigenvalue weighted by Crippen LogP contribution is 2.29. The molecule has 1 aliphatic heterocycles. The molecule has 0 spiro atoms. The summed E-state index contributed by atoms with van der Waals surface area (Å²) in [6.07, 6.45) is 6.62. The van der Waals surface area contributed by atoms with Crippen LogP contribution >= 0.6 is 0 Å². The fourth-order valence-corrected chi connectivity index (χ4v) is 3.09. The van der Waals surface area contributed by atoms with E-state index in [2.05, 4.69) is 52.6 Å². The first-order valence-electron chi connectivity index (χ1n) is 7.96. The van der Waals surface area contributed by atoms with Crippen LogP contribution in [0.1, 0.15) is 24.8 Å². The molecule has 24 heavy (non-hydrogen) atoms. The standard InChI is InChI=1S/C19H18N4O/c1-14(16-8-7-15-5-2-3-6-17(15)13-16)22-12-9-18(24)21-19(22)23-11-4-10-20-23/h2-14,19H,1H3,(H,21,24)/t14-,19?/m0/s1. The second-order valence-corrected chi connectivity index (χ2v) is 5.91. The lowest BCUT2D eigenvalue weighted by Gasteiger charge is -2.38. The van der Waals surface area contributed by atoms with Crippen LogP contribution in [-0.2, 0) is 4.79 Å². The number of carbonyl (C=O) groups is 1. The van der Waals surface area contributed by atoms with E-state index in [4.69, 9.17) is 0 Å². The van der Waals surface area contributed by atoms with Gasteiger partial charge in [0.2, 0.25) is 12.2 Å². The van der Waals surface area contributed by atoms with Crippen molar-refractivity contribution in [1.29, 1.82) is 0 Å². The Kier molecular flexibility index (Phi) is 3.54. The summed E-state index contributed by atoms with van der Waals surface area (Å²) in [6.45, 7) is 2.13. The molecule has 1 amide bonds. The Balaban J connectivity index is 1.71. The summed E-state index contributed by atoms with van der Waals surface area (Å²) in [4.78, 5) is 13.9. The van der Waals surface area contributed by atoms with Crippen LogP contribution in [0.4, 0.5) is 0 Å². The normalized spacial score (nSPS) is 18.6. The Bertz CT molecular complexity index is 901. The van der Waals surface area contributed by atoms with E-state index in [-0.39, 0.29) is 18.2 Å². The Morgan fingerprint density at radius 2 is 1.96 bits per heavy atom. The smallest absolute Gasteiger partial charge is 0.248 e. The van der Waals surface area contributed by atoms with Gasteiger partial charge < -0.3 is 10.2 Å². The molecule has 1 N–H and O–H groups in total. The third-order valence-corrected chi connectivity index (χ3v) is 4.43. The lowest BCUT2D eigenvalue weighted by molar-refractivity contribution is -0.121. The molecule has 3 aromatic rings. The van der Waals surface area contributed by atoms with Gasteiger partial charge in [-0.25, -0.2) is 4.68 Å². The molecule has 5 heteroatoms. The summed E-state index contributed by atoms with van der Waals surface area (Å²) in [5.74, 6) is -0.113. The number of hydrogen-bond donors (Lipinski definition) is 1. The molecule has 2 heterocycles. The van der Waals surface area contributed by atoms with Crippen LogP contribution in [0.5, 0.6) is 0 Å². The maximum Gasteiger partial charge on any atom is 0.248 e. The van der Waals surface area contributed by atoms with Crippen molar-refractivity contribution in [3.05, 3.63) is 78.8 Å². The van der Waals surface area contributed by atoms with Gasteiger partial charge in [-0.2, -0.15) is 5.10 Å². The number of carbonyl (C=O) groups excluding carboxylic acids is 1. The molecular weight excluding hydrogens is 300 g/mol. The first kappa shape index (κ1) is 14.5. The molecule has 0 aliphatic carbocycles. The van der Waals surface area contributed by atoms with Gasteiger partial charge in [0.15, 0.2) is 0 Å². The molecule has 2 aromatic carbocycles. The van der Waals surface area contributed by atoms with Crippen molar-refractivity contribution in [3.8, 4) is 0 Å². The zero-order chi connectivity index (χ0) is 16.5. The average molecular weight is 318 g/mol. The summed E-state index contributed by atoms with van der Waals surface area (Å²) < 4.78 is 1.75. The Labute approximate surface area is 140 Å². The Morgan fingerprint density at radius 3 is 2.75 bits per heavy atom. The molecule has 120 valence electrons. The molecule has 0 saturated carbocycles. The van der Waals surface area contributed by atoms with E-state index in [0.29, 0.717) is 0 Å². The lowest BCUT2D eigenvalue weighted by atomic mass is 10.0. The van der Waals surface area contributed by atoms with Crippen molar-refractivity contribution in [2.75, 3.05) is 0 Å². The quantitative estimate of drug-likeness (QED) is 0.807. The van der Waals surface area contributed by atoms with Gasteiger partial charge in [0, 0.05) is 24.7 Å². The molecule has 5 nitrogen and oxygen atoms in total. The average Bonchev–Trinajstić information content (AvgIpc) is 3.15. The Hall–Kier alpha value is -3.08. The molecule has 1 unspecified atom stereocenters. The van der Waals surface area contributed by atoms with Crippen molar-refractivity contribution in [2.45, 2.75) is 19.3 Å². The SMILES string of the molecule is C[C@@H](c1ccc2ccccc2c1)N1C=CC(=O)NC1n1cccn1. The molecule has 0 bridgehead atoms. The predicted octanol–water partition coefficient (Wildman–Crippen LogP) is 3.20. The Morgan fingerprint density at radius 1 is 1.12 bits per heavy atom. The molecule has 0 fully saturated rings. The predicted molar refractivity (Wildman–Crippen MR) is 92.7 cm³/mol. The summed E-state index contributed by atoms with van der Waals surface area (Å²) in [5.41, 5.74) is 1.19. The van der Waals surface area contributed by atoms with E-state index in [0.717, 1.165) is 0 Å². The van der Waals surface area contributed by atoms with Crippen molar-refractivity contribution in [3.63, 3.8) is 0 Å². The van der Waals surface area contributed by atoms with Crippen LogP contribution in [0, 0.1) is 0 Å². The largest absolute Gasteiger partial charge is 0.332 e. The molecule has 2 atom stereocenters. The van der Waals surface area contributed by atoms with Crippen molar-refractivity contribution in [2.24, 2.45) is 0 Å². The van der Waals surface area contributed by atoms with Gasteiger partial charge in [0.25, 0.3) is 0 Å². The maximum absolute atomic E-state index is 11.8. The third-order valence-electron chi connectivity index (χ3n) is 4.43. The monoisotopic (exact) mass is 318 g/mol.